The van der Waals surface area contributed by atoms with Gasteiger partial charge in [-0.15, -0.1) is 5.10 Å². The smallest absolute Gasteiger partial charge is 0.356 e. The Morgan fingerprint density at radius 1 is 0.977 bits per heavy atom. The third kappa shape index (κ3) is 4.75. The molecule has 4 aromatic rings. The molecule has 0 bridgehead atoms. The highest BCUT2D eigenvalue weighted by atomic mass is 16.5. The lowest BCUT2D eigenvalue weighted by Crippen LogP contribution is -2.38. The Hall–Kier alpha value is -4.51. The molecule has 1 N–H and O–H groups in total. The maximum Gasteiger partial charge on any atom is 0.356 e. The van der Waals surface area contributed by atoms with Crippen molar-refractivity contribution in [3.8, 4) is 0 Å². The number of aliphatic hydroxyl groups is 1. The molecule has 1 amide bonds. The van der Waals surface area contributed by atoms with Gasteiger partial charge in [-0.25, -0.2) is 19.3 Å². The van der Waals surface area contributed by atoms with Crippen LogP contribution in [0.5, 0.6) is 0 Å². The minimum Gasteiger partial charge on any atom is -0.464 e. The molecule has 44 heavy (non-hydrogen) atoms. The van der Waals surface area contributed by atoms with Crippen molar-refractivity contribution >= 4 is 29.0 Å². The number of amides is 1. The number of likely N-dealkylation sites (tertiary alicyclic amines) is 1. The Bertz CT molecular complexity index is 1740. The van der Waals surface area contributed by atoms with E-state index in [-0.39, 0.29) is 29.4 Å². The zero-order valence-corrected chi connectivity index (χ0v) is 25.3. The minimum absolute atomic E-state index is 0.0657. The van der Waals surface area contributed by atoms with E-state index < -0.39 is 17.5 Å². The monoisotopic (exact) mass is 595 g/mol. The summed E-state index contributed by atoms with van der Waals surface area (Å²) in [6, 6.07) is 18.0. The number of aromatic nitrogens is 4. The van der Waals surface area contributed by atoms with Crippen LogP contribution < -0.4 is 9.80 Å². The second-order valence-electron chi connectivity index (χ2n) is 12.8. The fourth-order valence-corrected chi connectivity index (χ4v) is 7.21. The summed E-state index contributed by atoms with van der Waals surface area (Å²) >= 11 is 0. The molecule has 3 aliphatic rings. The van der Waals surface area contributed by atoms with E-state index in [2.05, 4.69) is 68.2 Å². The zero-order valence-electron chi connectivity index (χ0n) is 25.3. The maximum absolute atomic E-state index is 13.7. The summed E-state index contributed by atoms with van der Waals surface area (Å²) < 4.78 is 6.53. The number of fused-ring (bicyclic) bond motifs is 1. The molecule has 11 nitrogen and oxygen atoms in total. The van der Waals surface area contributed by atoms with Crippen LogP contribution in [0.4, 0.5) is 11.5 Å². The van der Waals surface area contributed by atoms with Crippen molar-refractivity contribution in [2.24, 2.45) is 5.41 Å². The number of anilines is 2. The van der Waals surface area contributed by atoms with Crippen molar-refractivity contribution in [3.63, 3.8) is 0 Å². The average Bonchev–Trinajstić information content (AvgIpc) is 3.83. The van der Waals surface area contributed by atoms with Crippen molar-refractivity contribution in [3.05, 3.63) is 83.4 Å². The zero-order chi connectivity index (χ0) is 30.6. The largest absolute Gasteiger partial charge is 0.464 e. The molecule has 228 valence electrons. The average molecular weight is 596 g/mol. The standard InChI is InChI=1S/C33H37N7O4/c1-22-16-24(37-14-12-32(2,19-37)23-8-5-4-6-9-23)17-40-29(22)35-28(36-40)30(42)39-18-26(41)33(21-39)13-15-38(20-33)27-11-7-10-25(34-27)31(43)44-3/h4-11,16-17,26,41H,12-15,18-21H2,1-3H3/t26?,32-,33?/m0/s1. The van der Waals surface area contributed by atoms with Crippen LogP contribution in [-0.4, -0.2) is 93.9 Å². The first kappa shape index (κ1) is 28.3. The van der Waals surface area contributed by atoms with Gasteiger partial charge in [0.05, 0.1) is 25.1 Å². The Kier molecular flexibility index (Phi) is 6.80. The van der Waals surface area contributed by atoms with Gasteiger partial charge in [0, 0.05) is 50.1 Å². The molecule has 3 atom stereocenters. The molecule has 1 spiro atoms. The third-order valence-electron chi connectivity index (χ3n) is 9.83. The van der Waals surface area contributed by atoms with E-state index in [4.69, 9.17) is 4.74 Å². The van der Waals surface area contributed by atoms with Crippen LogP contribution in [-0.2, 0) is 10.2 Å². The van der Waals surface area contributed by atoms with Gasteiger partial charge in [-0.05, 0) is 49.1 Å². The van der Waals surface area contributed by atoms with Crippen molar-refractivity contribution in [2.45, 2.75) is 38.2 Å². The molecule has 3 fully saturated rings. The van der Waals surface area contributed by atoms with Gasteiger partial charge in [0.2, 0.25) is 5.82 Å². The van der Waals surface area contributed by atoms with Gasteiger partial charge in [-0.1, -0.05) is 43.3 Å². The summed E-state index contributed by atoms with van der Waals surface area (Å²) in [5, 5.41) is 15.8. The minimum atomic E-state index is -0.695. The van der Waals surface area contributed by atoms with E-state index in [9.17, 15) is 14.7 Å². The molecule has 11 heteroatoms. The number of β-amino-alcohol motifs (C(OH)–C–C–N with tert-alkyl or cyclic N) is 1. The van der Waals surface area contributed by atoms with Gasteiger partial charge in [0.15, 0.2) is 11.3 Å². The Morgan fingerprint density at radius 3 is 2.57 bits per heavy atom. The second kappa shape index (κ2) is 10.6. The summed E-state index contributed by atoms with van der Waals surface area (Å²) in [7, 11) is 1.33. The highest BCUT2D eigenvalue weighted by molar-refractivity contribution is 5.91. The number of methoxy groups -OCH3 is 1. The highest BCUT2D eigenvalue weighted by Crippen LogP contribution is 2.42. The summed E-state index contributed by atoms with van der Waals surface area (Å²) in [6.45, 7) is 7.94. The number of hydrogen-bond acceptors (Lipinski definition) is 9. The van der Waals surface area contributed by atoms with E-state index >= 15 is 0 Å². The first-order valence-electron chi connectivity index (χ1n) is 15.1. The number of aryl methyl sites for hydroxylation is 1. The molecular formula is C33H37N7O4. The molecule has 3 aliphatic heterocycles. The lowest BCUT2D eigenvalue weighted by atomic mass is 9.82. The lowest BCUT2D eigenvalue weighted by Gasteiger charge is -2.27. The summed E-state index contributed by atoms with van der Waals surface area (Å²) in [4.78, 5) is 40.9. The fourth-order valence-electron chi connectivity index (χ4n) is 7.21. The predicted octanol–water partition coefficient (Wildman–Crippen LogP) is 3.10. The number of aliphatic hydroxyl groups excluding tert-OH is 1. The molecule has 2 unspecified atom stereocenters. The molecule has 7 rings (SSSR count). The lowest BCUT2D eigenvalue weighted by molar-refractivity contribution is 0.0593. The van der Waals surface area contributed by atoms with E-state index in [0.717, 1.165) is 30.8 Å². The Labute approximate surface area is 256 Å². The van der Waals surface area contributed by atoms with Crippen molar-refractivity contribution in [2.75, 3.05) is 56.2 Å². The number of carbonyl (C=O) groups excluding carboxylic acids is 2. The first-order valence-corrected chi connectivity index (χ1v) is 15.1. The Morgan fingerprint density at radius 2 is 1.77 bits per heavy atom. The van der Waals surface area contributed by atoms with E-state index in [0.29, 0.717) is 37.5 Å². The number of ether oxygens (including phenoxy) is 1. The van der Waals surface area contributed by atoms with Gasteiger partial charge in [-0.3, -0.25) is 4.79 Å². The van der Waals surface area contributed by atoms with E-state index in [1.165, 1.54) is 12.7 Å². The molecular weight excluding hydrogens is 558 g/mol. The van der Waals surface area contributed by atoms with Crippen LogP contribution in [0.1, 0.15) is 52.0 Å². The van der Waals surface area contributed by atoms with Crippen molar-refractivity contribution in [1.29, 1.82) is 0 Å². The number of hydrogen-bond donors (Lipinski definition) is 1. The third-order valence-corrected chi connectivity index (χ3v) is 9.83. The van der Waals surface area contributed by atoms with Gasteiger partial charge in [0.25, 0.3) is 5.91 Å². The van der Waals surface area contributed by atoms with Crippen LogP contribution in [0, 0.1) is 12.3 Å². The van der Waals surface area contributed by atoms with E-state index in [1.807, 2.05) is 19.2 Å². The summed E-state index contributed by atoms with van der Waals surface area (Å²) in [5.41, 5.74) is 3.81. The van der Waals surface area contributed by atoms with Crippen molar-refractivity contribution in [1.82, 2.24) is 24.5 Å². The van der Waals surface area contributed by atoms with Crippen LogP contribution in [0.15, 0.2) is 60.8 Å². The molecule has 6 heterocycles. The van der Waals surface area contributed by atoms with Crippen molar-refractivity contribution < 1.29 is 19.4 Å². The highest BCUT2D eigenvalue weighted by Gasteiger charge is 2.52. The van der Waals surface area contributed by atoms with Crippen LogP contribution in [0.2, 0.25) is 0 Å². The molecule has 0 radical (unpaired) electrons. The number of benzene rings is 1. The van der Waals surface area contributed by atoms with Gasteiger partial charge in [0.1, 0.15) is 5.82 Å². The first-order chi connectivity index (χ1) is 21.2. The van der Waals surface area contributed by atoms with Crippen LogP contribution >= 0.6 is 0 Å². The predicted molar refractivity (Wildman–Crippen MR) is 165 cm³/mol. The maximum atomic E-state index is 13.7. The molecule has 0 aliphatic carbocycles. The fraction of sp³-hybridized carbons (Fsp3) is 0.424. The number of nitrogens with zero attached hydrogens (tertiary/aromatic N) is 7. The van der Waals surface area contributed by atoms with Crippen LogP contribution in [0.25, 0.3) is 5.65 Å². The molecule has 3 saturated heterocycles. The normalized spacial score (nSPS) is 25.0. The van der Waals surface area contributed by atoms with Gasteiger partial charge in [-0.2, -0.15) is 0 Å². The molecule has 3 aromatic heterocycles. The topological polar surface area (TPSA) is 116 Å². The second-order valence-corrected chi connectivity index (χ2v) is 12.8. The quantitative estimate of drug-likeness (QED) is 0.348. The van der Waals surface area contributed by atoms with Gasteiger partial charge >= 0.3 is 5.97 Å². The van der Waals surface area contributed by atoms with Crippen LogP contribution in [0.3, 0.4) is 0 Å². The number of esters is 1. The number of pyridine rings is 2. The SMILES string of the molecule is COC(=O)c1cccc(N2CCC3(CN(C(=O)c4nc5c(C)cc(N6CC[C@](C)(c7ccccc7)C6)cn5n4)CC3O)C2)n1. The summed E-state index contributed by atoms with van der Waals surface area (Å²) in [5.74, 6) is 0.00368. The molecule has 0 saturated carbocycles. The molecule has 1 aromatic carbocycles. The number of rotatable bonds is 5. The Balaban J connectivity index is 1.07. The summed E-state index contributed by atoms with van der Waals surface area (Å²) in [6.07, 6.45) is 3.02. The number of carbonyl (C=O) groups is 2. The van der Waals surface area contributed by atoms with Gasteiger partial charge < -0.3 is 24.5 Å². The van der Waals surface area contributed by atoms with E-state index in [1.54, 1.807) is 21.5 Å².